The monoisotopic (exact) mass is 354 g/mol. The zero-order valence-electron chi connectivity index (χ0n) is 15.1. The summed E-state index contributed by atoms with van der Waals surface area (Å²) in [4.78, 5) is 22.6. The highest BCUT2D eigenvalue weighted by atomic mass is 16.2. The summed E-state index contributed by atoms with van der Waals surface area (Å²) in [7, 11) is 0. The number of rotatable bonds is 7. The van der Waals surface area contributed by atoms with Gasteiger partial charge in [-0.15, -0.1) is 0 Å². The largest absolute Gasteiger partial charge is 0.367 e. The summed E-state index contributed by atoms with van der Waals surface area (Å²) in [5.74, 6) is 0.705. The number of nitrogens with one attached hydrogen (secondary N) is 3. The number of nitrogens with zero attached hydrogens (tertiary/aromatic N) is 3. The topological polar surface area (TPSA) is 82.2 Å². The lowest BCUT2D eigenvalue weighted by atomic mass is 10.1. The van der Waals surface area contributed by atoms with Crippen LogP contribution in [0.3, 0.4) is 0 Å². The van der Waals surface area contributed by atoms with Crippen LogP contribution in [0.1, 0.15) is 24.9 Å². The number of amides is 2. The zero-order valence-corrected chi connectivity index (χ0v) is 15.1. The average molecular weight is 354 g/mol. The van der Waals surface area contributed by atoms with E-state index in [1.807, 2.05) is 6.07 Å². The first-order valence-corrected chi connectivity index (χ1v) is 9.05. The number of hydrogen-bond donors (Lipinski definition) is 3. The number of carbonyl (C=O) groups excluding carboxylic acids is 1. The van der Waals surface area contributed by atoms with Crippen molar-refractivity contribution < 1.29 is 4.79 Å². The van der Waals surface area contributed by atoms with Crippen LogP contribution in [-0.4, -0.2) is 53.1 Å². The van der Waals surface area contributed by atoms with E-state index < -0.39 is 0 Å². The third-order valence-corrected chi connectivity index (χ3v) is 4.66. The molecule has 0 saturated carbocycles. The van der Waals surface area contributed by atoms with Crippen molar-refractivity contribution in [2.24, 2.45) is 0 Å². The number of benzene rings is 1. The summed E-state index contributed by atoms with van der Waals surface area (Å²) in [5, 5.41) is 9.05. The maximum absolute atomic E-state index is 12.1. The molecule has 2 aromatic rings. The maximum atomic E-state index is 12.1. The minimum absolute atomic E-state index is 0.120. The standard InChI is InChI=1S/C19H26N6O/c1-15(16-5-3-2-4-6-16)25-12-7-17(14-25)24-19(26)23-11-10-22-18-13-20-8-9-21-18/h2-6,8-9,13,15,17H,7,10-12,14H2,1H3,(H,21,22)(H2,23,24,26)/t15-,17-/m0/s1. The van der Waals surface area contributed by atoms with Crippen LogP contribution in [0.5, 0.6) is 0 Å². The molecule has 1 aromatic carbocycles. The van der Waals surface area contributed by atoms with Gasteiger partial charge >= 0.3 is 6.03 Å². The number of likely N-dealkylation sites (tertiary alicyclic amines) is 1. The minimum Gasteiger partial charge on any atom is -0.367 e. The molecule has 2 heterocycles. The van der Waals surface area contributed by atoms with Gasteiger partial charge < -0.3 is 16.0 Å². The predicted molar refractivity (Wildman–Crippen MR) is 102 cm³/mol. The van der Waals surface area contributed by atoms with Gasteiger partial charge in [0.25, 0.3) is 0 Å². The van der Waals surface area contributed by atoms with E-state index in [1.165, 1.54) is 5.56 Å². The third-order valence-electron chi connectivity index (χ3n) is 4.66. The van der Waals surface area contributed by atoms with Crippen molar-refractivity contribution in [3.05, 3.63) is 54.5 Å². The van der Waals surface area contributed by atoms with Crippen molar-refractivity contribution in [3.63, 3.8) is 0 Å². The summed E-state index contributed by atoms with van der Waals surface area (Å²) in [6, 6.07) is 10.9. The SMILES string of the molecule is C[C@@H](c1ccccc1)N1CC[C@H](NC(=O)NCCNc2cnccn2)C1. The summed E-state index contributed by atoms with van der Waals surface area (Å²) in [6.45, 7) is 5.22. The van der Waals surface area contributed by atoms with Crippen LogP contribution in [0, 0.1) is 0 Å². The number of carbonyl (C=O) groups is 1. The lowest BCUT2D eigenvalue weighted by Crippen LogP contribution is -2.44. The zero-order chi connectivity index (χ0) is 18.2. The van der Waals surface area contributed by atoms with Crippen LogP contribution < -0.4 is 16.0 Å². The molecule has 7 heteroatoms. The molecule has 1 aliphatic heterocycles. The van der Waals surface area contributed by atoms with Crippen LogP contribution in [0.2, 0.25) is 0 Å². The van der Waals surface area contributed by atoms with Gasteiger partial charge in [0.2, 0.25) is 0 Å². The summed E-state index contributed by atoms with van der Waals surface area (Å²) in [6.07, 6.45) is 5.88. The second kappa shape index (κ2) is 9.15. The Morgan fingerprint density at radius 1 is 1.27 bits per heavy atom. The Morgan fingerprint density at radius 2 is 2.12 bits per heavy atom. The minimum atomic E-state index is -0.120. The normalized spacial score (nSPS) is 18.3. The first kappa shape index (κ1) is 18.1. The van der Waals surface area contributed by atoms with E-state index in [0.29, 0.717) is 24.9 Å². The Morgan fingerprint density at radius 3 is 2.88 bits per heavy atom. The fourth-order valence-electron chi connectivity index (χ4n) is 3.19. The Bertz CT molecular complexity index is 681. The number of aromatic nitrogens is 2. The van der Waals surface area contributed by atoms with Crippen molar-refractivity contribution in [3.8, 4) is 0 Å². The number of anilines is 1. The average Bonchev–Trinajstić information content (AvgIpc) is 3.14. The van der Waals surface area contributed by atoms with E-state index in [4.69, 9.17) is 0 Å². The predicted octanol–water partition coefficient (Wildman–Crippen LogP) is 2.02. The van der Waals surface area contributed by atoms with Gasteiger partial charge in [-0.2, -0.15) is 0 Å². The Kier molecular flexibility index (Phi) is 6.38. The van der Waals surface area contributed by atoms with Crippen LogP contribution in [0.15, 0.2) is 48.9 Å². The molecule has 1 aliphatic rings. The molecule has 2 atom stereocenters. The maximum Gasteiger partial charge on any atom is 0.315 e. The molecule has 3 N–H and O–H groups in total. The first-order valence-electron chi connectivity index (χ1n) is 9.05. The molecule has 1 fully saturated rings. The van der Waals surface area contributed by atoms with Gasteiger partial charge in [-0.25, -0.2) is 9.78 Å². The van der Waals surface area contributed by atoms with Gasteiger partial charge in [0.15, 0.2) is 0 Å². The van der Waals surface area contributed by atoms with Crippen LogP contribution in [0.4, 0.5) is 10.6 Å². The van der Waals surface area contributed by atoms with Crippen molar-refractivity contribution in [2.75, 3.05) is 31.5 Å². The smallest absolute Gasteiger partial charge is 0.315 e. The number of urea groups is 1. The van der Waals surface area contributed by atoms with Crippen LogP contribution >= 0.6 is 0 Å². The molecular formula is C19H26N6O. The Hall–Kier alpha value is -2.67. The van der Waals surface area contributed by atoms with Crippen molar-refractivity contribution in [1.29, 1.82) is 0 Å². The quantitative estimate of drug-likeness (QED) is 0.663. The van der Waals surface area contributed by atoms with Gasteiger partial charge in [0.1, 0.15) is 5.82 Å². The van der Waals surface area contributed by atoms with E-state index in [1.54, 1.807) is 18.6 Å². The molecule has 0 radical (unpaired) electrons. The van der Waals surface area contributed by atoms with Crippen LogP contribution in [-0.2, 0) is 0 Å². The molecule has 0 bridgehead atoms. The fraction of sp³-hybridized carbons (Fsp3) is 0.421. The Labute approximate surface area is 154 Å². The molecule has 7 nitrogen and oxygen atoms in total. The van der Waals surface area contributed by atoms with E-state index in [2.05, 4.69) is 62.0 Å². The van der Waals surface area contributed by atoms with Crippen molar-refractivity contribution in [1.82, 2.24) is 25.5 Å². The fourth-order valence-corrected chi connectivity index (χ4v) is 3.19. The summed E-state index contributed by atoms with van der Waals surface area (Å²) < 4.78 is 0. The van der Waals surface area contributed by atoms with Crippen molar-refractivity contribution in [2.45, 2.75) is 25.4 Å². The van der Waals surface area contributed by atoms with Gasteiger partial charge in [-0.3, -0.25) is 9.88 Å². The molecule has 0 unspecified atom stereocenters. The van der Waals surface area contributed by atoms with Gasteiger partial charge in [-0.1, -0.05) is 30.3 Å². The summed E-state index contributed by atoms with van der Waals surface area (Å²) >= 11 is 0. The molecule has 26 heavy (non-hydrogen) atoms. The lowest BCUT2D eigenvalue weighted by Gasteiger charge is -2.24. The molecular weight excluding hydrogens is 328 g/mol. The summed E-state index contributed by atoms with van der Waals surface area (Å²) in [5.41, 5.74) is 1.31. The molecule has 1 saturated heterocycles. The highest BCUT2D eigenvalue weighted by Gasteiger charge is 2.27. The number of hydrogen-bond acceptors (Lipinski definition) is 5. The molecule has 2 amide bonds. The first-order chi connectivity index (χ1) is 12.7. The van der Waals surface area contributed by atoms with Gasteiger partial charge in [0, 0.05) is 50.7 Å². The van der Waals surface area contributed by atoms with Gasteiger partial charge in [0.05, 0.1) is 6.20 Å². The van der Waals surface area contributed by atoms with Gasteiger partial charge in [-0.05, 0) is 18.9 Å². The van der Waals surface area contributed by atoms with E-state index in [9.17, 15) is 4.79 Å². The lowest BCUT2D eigenvalue weighted by molar-refractivity contribution is 0.232. The molecule has 0 aliphatic carbocycles. The van der Waals surface area contributed by atoms with Crippen molar-refractivity contribution >= 4 is 11.8 Å². The van der Waals surface area contributed by atoms with E-state index >= 15 is 0 Å². The van der Waals surface area contributed by atoms with E-state index in [0.717, 1.165) is 19.5 Å². The molecule has 138 valence electrons. The van der Waals surface area contributed by atoms with Crippen LogP contribution in [0.25, 0.3) is 0 Å². The molecule has 1 aromatic heterocycles. The second-order valence-corrected chi connectivity index (χ2v) is 6.48. The molecule has 0 spiro atoms. The molecule has 3 rings (SSSR count). The third kappa shape index (κ3) is 5.16. The highest BCUT2D eigenvalue weighted by molar-refractivity contribution is 5.74. The Balaban J connectivity index is 1.35. The van der Waals surface area contributed by atoms with E-state index in [-0.39, 0.29) is 12.1 Å². The second-order valence-electron chi connectivity index (χ2n) is 6.48. The highest BCUT2D eigenvalue weighted by Crippen LogP contribution is 2.24.